The molecule has 1 rings (SSSR count). The molecule has 1 saturated heterocycles. The van der Waals surface area contributed by atoms with Crippen LogP contribution in [0.5, 0.6) is 0 Å². The van der Waals surface area contributed by atoms with Crippen molar-refractivity contribution >= 4 is 21.8 Å². The number of likely N-dealkylation sites (N-methyl/N-ethyl adjacent to an activating group) is 1. The molecule has 0 aliphatic carbocycles. The predicted octanol–water partition coefficient (Wildman–Crippen LogP) is -1.13. The van der Waals surface area contributed by atoms with E-state index < -0.39 is 64.4 Å². The Hall–Kier alpha value is -1.35. The minimum Gasteiger partial charge on any atom is -0.457 e. The van der Waals surface area contributed by atoms with Crippen molar-refractivity contribution in [2.24, 2.45) is 5.73 Å². The first-order chi connectivity index (χ1) is 16.0. The lowest BCUT2D eigenvalue weighted by Gasteiger charge is -2.41. The number of esters is 2. The van der Waals surface area contributed by atoms with Gasteiger partial charge in [-0.15, -0.1) is 0 Å². The maximum Gasteiger partial charge on any atom is 0.350 e. The highest BCUT2D eigenvalue weighted by atomic mass is 32.2. The van der Waals surface area contributed by atoms with Gasteiger partial charge in [0.1, 0.15) is 47.9 Å². The first-order valence-corrected chi connectivity index (χ1v) is 13.6. The highest BCUT2D eigenvalue weighted by molar-refractivity contribution is 7.90. The van der Waals surface area contributed by atoms with Crippen molar-refractivity contribution in [3.63, 3.8) is 0 Å². The molecule has 1 heterocycles. The Kier molecular flexibility index (Phi) is 12.0. The van der Waals surface area contributed by atoms with Crippen LogP contribution in [0.2, 0.25) is 0 Å². The van der Waals surface area contributed by atoms with E-state index >= 15 is 0 Å². The average molecular weight is 528 g/mol. The molecule has 0 aromatic heterocycles. The van der Waals surface area contributed by atoms with Crippen LogP contribution >= 0.6 is 0 Å². The van der Waals surface area contributed by atoms with Gasteiger partial charge in [0, 0.05) is 19.8 Å². The summed E-state index contributed by atoms with van der Waals surface area (Å²) in [6.07, 6.45) is -1.00. The fourth-order valence-electron chi connectivity index (χ4n) is 3.63. The van der Waals surface area contributed by atoms with Gasteiger partial charge < -0.3 is 39.0 Å². The van der Waals surface area contributed by atoms with Gasteiger partial charge in [-0.3, -0.25) is 0 Å². The van der Waals surface area contributed by atoms with E-state index in [4.69, 9.17) is 29.4 Å². The number of aliphatic hydroxyl groups excluding tert-OH is 1. The first-order valence-electron chi connectivity index (χ1n) is 11.6. The van der Waals surface area contributed by atoms with Crippen LogP contribution < -0.4 is 5.73 Å². The quantitative estimate of drug-likeness (QED) is 0.208. The fourth-order valence-corrected chi connectivity index (χ4v) is 4.28. The van der Waals surface area contributed by atoms with Gasteiger partial charge in [-0.2, -0.15) is 0 Å². The molecule has 206 valence electrons. The van der Waals surface area contributed by atoms with E-state index in [9.17, 15) is 23.1 Å². The van der Waals surface area contributed by atoms with Crippen LogP contribution in [-0.4, -0.2) is 132 Å². The first kappa shape index (κ1) is 31.7. The molecular weight excluding hydrogens is 484 g/mol. The molecule has 0 aromatic carbocycles. The number of quaternary nitrogens is 1. The molecule has 1 aliphatic heterocycles. The van der Waals surface area contributed by atoms with Gasteiger partial charge in [-0.1, -0.05) is 0 Å². The fraction of sp³-hybridized carbons (Fsp3) is 0.909. The Morgan fingerprint density at radius 3 is 2.40 bits per heavy atom. The summed E-state index contributed by atoms with van der Waals surface area (Å²) < 4.78 is 49.9. The van der Waals surface area contributed by atoms with Crippen molar-refractivity contribution in [2.75, 3.05) is 66.1 Å². The summed E-state index contributed by atoms with van der Waals surface area (Å²) in [5, 5.41) is 10.2. The van der Waals surface area contributed by atoms with Crippen LogP contribution in [0.4, 0.5) is 0 Å². The SMILES string of the molecule is CO[C@@H]1C(COCC(=O)OC(C)(C)C(=O)OCC[N+](C)(C)CCCS(C)(=O)=O)O[C@@H](C)C(N)[C@H]1O. The molecule has 1 aliphatic rings. The van der Waals surface area contributed by atoms with Crippen LogP contribution in [-0.2, 0) is 43.1 Å². The Morgan fingerprint density at radius 1 is 1.20 bits per heavy atom. The monoisotopic (exact) mass is 527 g/mol. The van der Waals surface area contributed by atoms with E-state index in [2.05, 4.69) is 0 Å². The van der Waals surface area contributed by atoms with Gasteiger partial charge in [-0.25, -0.2) is 18.0 Å². The summed E-state index contributed by atoms with van der Waals surface area (Å²) in [5.41, 5.74) is 4.36. The predicted molar refractivity (Wildman–Crippen MR) is 127 cm³/mol. The Bertz CT molecular complexity index is 802. The van der Waals surface area contributed by atoms with E-state index in [0.29, 0.717) is 24.0 Å². The zero-order valence-corrected chi connectivity index (χ0v) is 22.7. The molecule has 12 nitrogen and oxygen atoms in total. The van der Waals surface area contributed by atoms with E-state index in [0.717, 1.165) is 0 Å². The third kappa shape index (κ3) is 11.1. The molecule has 3 N–H and O–H groups in total. The largest absolute Gasteiger partial charge is 0.457 e. The van der Waals surface area contributed by atoms with Crippen LogP contribution in [0.3, 0.4) is 0 Å². The molecule has 35 heavy (non-hydrogen) atoms. The number of nitrogens with two attached hydrogens (primary N) is 1. The van der Waals surface area contributed by atoms with Gasteiger partial charge in [0.15, 0.2) is 0 Å². The molecule has 0 bridgehead atoms. The normalized spacial score (nSPS) is 25.8. The third-order valence-electron chi connectivity index (χ3n) is 5.87. The van der Waals surface area contributed by atoms with Gasteiger partial charge in [-0.05, 0) is 20.8 Å². The number of rotatable bonds is 14. The Balaban J connectivity index is 2.42. The van der Waals surface area contributed by atoms with Crippen molar-refractivity contribution < 1.29 is 51.3 Å². The maximum absolute atomic E-state index is 12.4. The number of nitrogens with zero attached hydrogens (tertiary/aromatic N) is 1. The highest BCUT2D eigenvalue weighted by Gasteiger charge is 2.42. The number of aliphatic hydroxyl groups is 1. The second-order valence-electron chi connectivity index (χ2n) is 10.1. The van der Waals surface area contributed by atoms with Gasteiger partial charge in [0.05, 0.1) is 45.1 Å². The van der Waals surface area contributed by atoms with Crippen molar-refractivity contribution in [3.8, 4) is 0 Å². The van der Waals surface area contributed by atoms with Gasteiger partial charge >= 0.3 is 11.9 Å². The minimum atomic E-state index is -3.02. The van der Waals surface area contributed by atoms with Crippen LogP contribution in [0.1, 0.15) is 27.2 Å². The van der Waals surface area contributed by atoms with Crippen LogP contribution in [0.15, 0.2) is 0 Å². The molecule has 13 heteroatoms. The highest BCUT2D eigenvalue weighted by Crippen LogP contribution is 2.22. The van der Waals surface area contributed by atoms with Crippen molar-refractivity contribution in [1.29, 1.82) is 0 Å². The third-order valence-corrected chi connectivity index (χ3v) is 6.90. The van der Waals surface area contributed by atoms with Gasteiger partial charge in [0.25, 0.3) is 0 Å². The van der Waals surface area contributed by atoms with Crippen molar-refractivity contribution in [1.82, 2.24) is 0 Å². The molecule has 0 amide bonds. The topological polar surface area (TPSA) is 161 Å². The molecule has 0 radical (unpaired) electrons. The number of sulfone groups is 1. The molecule has 5 atom stereocenters. The summed E-state index contributed by atoms with van der Waals surface area (Å²) in [6, 6.07) is -0.607. The summed E-state index contributed by atoms with van der Waals surface area (Å²) >= 11 is 0. The standard InChI is InChI=1S/C22H43N2O10S/c1-15-18(23)19(26)20(30-6)16(33-15)13-31-14-17(25)34-22(2,3)21(27)32-11-10-24(4,5)9-8-12-35(7,28)29/h15-16,18-20,26H,8-14,23H2,1-7H3/q+1/t15-,16?,18?,19+,20+/m0/s1. The molecule has 0 aromatic rings. The second-order valence-corrected chi connectivity index (χ2v) is 12.4. The number of methoxy groups -OCH3 is 1. The molecule has 0 spiro atoms. The maximum atomic E-state index is 12.4. The van der Waals surface area contributed by atoms with Gasteiger partial charge in [0.2, 0.25) is 5.60 Å². The van der Waals surface area contributed by atoms with Crippen molar-refractivity contribution in [3.05, 3.63) is 0 Å². The second kappa shape index (κ2) is 13.3. The Labute approximate surface area is 208 Å². The number of ether oxygens (including phenoxy) is 5. The lowest BCUT2D eigenvalue weighted by atomic mass is 9.94. The van der Waals surface area contributed by atoms with E-state index in [1.165, 1.54) is 27.2 Å². The average Bonchev–Trinajstić information content (AvgIpc) is 2.70. The number of hydrogen-bond acceptors (Lipinski definition) is 11. The summed E-state index contributed by atoms with van der Waals surface area (Å²) in [4.78, 5) is 24.7. The van der Waals surface area contributed by atoms with E-state index in [-0.39, 0.29) is 19.0 Å². The lowest BCUT2D eigenvalue weighted by Crippen LogP contribution is -2.61. The smallest absolute Gasteiger partial charge is 0.350 e. The Morgan fingerprint density at radius 2 is 1.83 bits per heavy atom. The summed E-state index contributed by atoms with van der Waals surface area (Å²) in [5.74, 6) is -1.37. The number of carbonyl (C=O) groups excluding carboxylic acids is 2. The molecule has 1 fully saturated rings. The summed E-state index contributed by atoms with van der Waals surface area (Å²) in [7, 11) is 2.23. The van der Waals surface area contributed by atoms with E-state index in [1.807, 2.05) is 14.1 Å². The van der Waals surface area contributed by atoms with Crippen molar-refractivity contribution in [2.45, 2.75) is 63.3 Å². The zero-order chi connectivity index (χ0) is 27.0. The summed E-state index contributed by atoms with van der Waals surface area (Å²) in [6.45, 7) is 5.25. The molecule has 2 unspecified atom stereocenters. The minimum absolute atomic E-state index is 0.0427. The van der Waals surface area contributed by atoms with Crippen LogP contribution in [0.25, 0.3) is 0 Å². The molecular formula is C22H43N2O10S+. The van der Waals surface area contributed by atoms with E-state index in [1.54, 1.807) is 6.92 Å². The molecule has 0 saturated carbocycles. The number of carbonyl (C=O) groups is 2. The zero-order valence-electron chi connectivity index (χ0n) is 21.9. The number of hydrogen-bond donors (Lipinski definition) is 2. The lowest BCUT2D eigenvalue weighted by molar-refractivity contribution is -0.890. The van der Waals surface area contributed by atoms with Crippen LogP contribution in [0, 0.1) is 0 Å².